The number of benzene rings is 1. The Bertz CT molecular complexity index is 574. The van der Waals surface area contributed by atoms with Crippen LogP contribution in [0.4, 0.5) is 22.0 Å². The molecule has 0 N–H and O–H groups in total. The molecule has 0 spiro atoms. The quantitative estimate of drug-likeness (QED) is 0.394. The third kappa shape index (κ3) is 5.24. The van der Waals surface area contributed by atoms with Crippen molar-refractivity contribution in [2.75, 3.05) is 11.5 Å². The molecule has 0 fully saturated rings. The van der Waals surface area contributed by atoms with E-state index in [1.807, 2.05) is 0 Å². The molecule has 1 aromatic carbocycles. The third-order valence-electron chi connectivity index (χ3n) is 2.97. The Morgan fingerprint density at radius 3 is 1.88 bits per heavy atom. The smallest absolute Gasteiger partial charge is 0.294 e. The van der Waals surface area contributed by atoms with Crippen LogP contribution < -0.4 is 0 Å². The van der Waals surface area contributed by atoms with Crippen LogP contribution in [0.2, 0.25) is 0 Å². The van der Waals surface area contributed by atoms with Crippen molar-refractivity contribution in [2.45, 2.75) is 32.4 Å². The highest BCUT2D eigenvalue weighted by Crippen LogP contribution is 2.48. The summed E-state index contributed by atoms with van der Waals surface area (Å²) < 4.78 is 66.5. The van der Waals surface area contributed by atoms with Gasteiger partial charge in [0.15, 0.2) is 5.78 Å². The van der Waals surface area contributed by atoms with Crippen molar-refractivity contribution in [3.05, 3.63) is 45.7 Å². The second-order valence-electron chi connectivity index (χ2n) is 4.67. The van der Waals surface area contributed by atoms with Crippen LogP contribution in [0.15, 0.2) is 40.1 Å². The molecule has 24 heavy (non-hydrogen) atoms. The van der Waals surface area contributed by atoms with Gasteiger partial charge in [-0.3, -0.25) is 4.79 Å². The van der Waals surface area contributed by atoms with Gasteiger partial charge in [-0.2, -0.15) is 22.0 Å². The minimum absolute atomic E-state index is 0.107. The highest BCUT2D eigenvalue weighted by molar-refractivity contribution is 8.22. The topological polar surface area (TPSA) is 17.1 Å². The van der Waals surface area contributed by atoms with Gasteiger partial charge in [0.05, 0.1) is 0 Å². The lowest BCUT2D eigenvalue weighted by Crippen LogP contribution is -2.39. The zero-order valence-electron chi connectivity index (χ0n) is 13.1. The minimum Gasteiger partial charge on any atom is -0.294 e. The molecule has 8 heteroatoms. The van der Waals surface area contributed by atoms with Crippen LogP contribution in [-0.2, 0) is 0 Å². The van der Waals surface area contributed by atoms with E-state index < -0.39 is 29.9 Å². The molecule has 0 aliphatic rings. The lowest BCUT2D eigenvalue weighted by Gasteiger charge is -2.25. The maximum absolute atomic E-state index is 14.0. The Balaban J connectivity index is 3.33. The number of rotatable bonds is 8. The van der Waals surface area contributed by atoms with Crippen molar-refractivity contribution in [2.24, 2.45) is 0 Å². The van der Waals surface area contributed by atoms with E-state index in [2.05, 4.69) is 0 Å². The number of carbonyl (C=O) groups excluding carboxylic acids is 1. The van der Waals surface area contributed by atoms with Crippen LogP contribution in [0.3, 0.4) is 0 Å². The highest BCUT2D eigenvalue weighted by Gasteiger charge is 2.60. The van der Waals surface area contributed by atoms with Gasteiger partial charge in [-0.1, -0.05) is 44.2 Å². The van der Waals surface area contributed by atoms with Crippen LogP contribution in [0.5, 0.6) is 0 Å². The van der Waals surface area contributed by atoms with Gasteiger partial charge in [-0.05, 0) is 11.5 Å². The molecule has 0 radical (unpaired) electrons. The van der Waals surface area contributed by atoms with Gasteiger partial charge in [0, 0.05) is 21.8 Å². The normalized spacial score (nSPS) is 12.1. The minimum atomic E-state index is -5.74. The van der Waals surface area contributed by atoms with Crippen LogP contribution in [0.1, 0.15) is 30.6 Å². The lowest BCUT2D eigenvalue weighted by atomic mass is 9.99. The SMILES string of the molecule is CCSC(SCC)=C(CC(=O)c1ccccc1)C(F)(F)C(F)(F)F. The fourth-order valence-corrected chi connectivity index (χ4v) is 4.16. The number of hydrogen-bond acceptors (Lipinski definition) is 3. The molecule has 0 amide bonds. The van der Waals surface area contributed by atoms with Crippen molar-refractivity contribution in [3.8, 4) is 0 Å². The number of hydrogen-bond donors (Lipinski definition) is 0. The summed E-state index contributed by atoms with van der Waals surface area (Å²) in [6.07, 6.45) is -6.71. The van der Waals surface area contributed by atoms with Gasteiger partial charge in [0.25, 0.3) is 0 Å². The molecule has 0 saturated heterocycles. The van der Waals surface area contributed by atoms with Gasteiger partial charge in [-0.25, -0.2) is 0 Å². The number of carbonyl (C=O) groups is 1. The van der Waals surface area contributed by atoms with E-state index in [-0.39, 0.29) is 9.80 Å². The summed E-state index contributed by atoms with van der Waals surface area (Å²) in [5, 5.41) is 0. The summed E-state index contributed by atoms with van der Waals surface area (Å²) in [6, 6.07) is 7.47. The molecule has 1 nitrogen and oxygen atoms in total. The van der Waals surface area contributed by atoms with Crippen molar-refractivity contribution >= 4 is 29.3 Å². The molecular weight excluding hydrogens is 367 g/mol. The number of ketones is 1. The second kappa shape index (κ2) is 8.89. The molecule has 0 unspecified atom stereocenters. The van der Waals surface area contributed by atoms with E-state index in [0.717, 1.165) is 23.5 Å². The van der Waals surface area contributed by atoms with Gasteiger partial charge in [0.1, 0.15) is 0 Å². The predicted octanol–water partition coefficient (Wildman–Crippen LogP) is 6.17. The predicted molar refractivity (Wildman–Crippen MR) is 89.7 cm³/mol. The average molecular weight is 384 g/mol. The Hall–Kier alpha value is -1.02. The molecule has 0 aromatic heterocycles. The average Bonchev–Trinajstić information content (AvgIpc) is 2.52. The number of alkyl halides is 5. The summed E-state index contributed by atoms with van der Waals surface area (Å²) >= 11 is 1.80. The molecule has 0 aliphatic heterocycles. The van der Waals surface area contributed by atoms with E-state index in [4.69, 9.17) is 0 Å². The Labute approximate surface area is 146 Å². The van der Waals surface area contributed by atoms with Gasteiger partial charge in [-0.15, -0.1) is 23.5 Å². The number of thioether (sulfide) groups is 2. The zero-order chi connectivity index (χ0) is 18.4. The van der Waals surface area contributed by atoms with Gasteiger partial charge >= 0.3 is 12.1 Å². The van der Waals surface area contributed by atoms with Crippen molar-refractivity contribution in [1.82, 2.24) is 0 Å². The summed E-state index contributed by atoms with van der Waals surface area (Å²) in [6.45, 7) is 3.31. The standard InChI is InChI=1S/C16H17F5OS2/c1-3-23-14(24-4-2)12(15(17,18)16(19,20)21)10-13(22)11-8-6-5-7-9-11/h5-9H,3-4,10H2,1-2H3. The summed E-state index contributed by atoms with van der Waals surface area (Å²) in [7, 11) is 0. The molecule has 0 bridgehead atoms. The van der Waals surface area contributed by atoms with Crippen molar-refractivity contribution in [1.29, 1.82) is 0 Å². The first-order valence-corrected chi connectivity index (χ1v) is 9.14. The molecule has 1 rings (SSSR count). The first-order valence-electron chi connectivity index (χ1n) is 7.17. The summed E-state index contributed by atoms with van der Waals surface area (Å²) in [4.78, 5) is 12.2. The maximum atomic E-state index is 14.0. The van der Waals surface area contributed by atoms with E-state index in [9.17, 15) is 26.7 Å². The van der Waals surface area contributed by atoms with E-state index in [1.165, 1.54) is 24.3 Å². The second-order valence-corrected chi connectivity index (χ2v) is 7.48. The van der Waals surface area contributed by atoms with E-state index >= 15 is 0 Å². The molecule has 1 aromatic rings. The maximum Gasteiger partial charge on any atom is 0.457 e. The van der Waals surface area contributed by atoms with E-state index in [0.29, 0.717) is 11.5 Å². The monoisotopic (exact) mass is 384 g/mol. The number of halogens is 5. The highest BCUT2D eigenvalue weighted by atomic mass is 32.2. The van der Waals surface area contributed by atoms with Gasteiger partial charge < -0.3 is 0 Å². The van der Waals surface area contributed by atoms with Crippen molar-refractivity contribution < 1.29 is 26.7 Å². The van der Waals surface area contributed by atoms with Crippen LogP contribution >= 0.6 is 23.5 Å². The number of Topliss-reactive ketones (excluding diaryl/α,β-unsaturated/α-hetero) is 1. The summed E-state index contributed by atoms with van der Waals surface area (Å²) in [5.41, 5.74) is -1.06. The number of allylic oxidation sites excluding steroid dienone is 1. The van der Waals surface area contributed by atoms with Gasteiger partial charge in [0.2, 0.25) is 0 Å². The Morgan fingerprint density at radius 2 is 1.46 bits per heavy atom. The summed E-state index contributed by atoms with van der Waals surface area (Å²) in [5.74, 6) is -5.14. The largest absolute Gasteiger partial charge is 0.457 e. The molecule has 0 heterocycles. The molecular formula is C16H17F5OS2. The fourth-order valence-electron chi connectivity index (χ4n) is 1.85. The molecule has 134 valence electrons. The van der Waals surface area contributed by atoms with Crippen LogP contribution in [0.25, 0.3) is 0 Å². The van der Waals surface area contributed by atoms with E-state index in [1.54, 1.807) is 19.9 Å². The third-order valence-corrected chi connectivity index (χ3v) is 5.27. The molecule has 0 atom stereocenters. The Kier molecular flexibility index (Phi) is 7.79. The van der Waals surface area contributed by atoms with Crippen LogP contribution in [-0.4, -0.2) is 29.4 Å². The first-order chi connectivity index (χ1) is 11.1. The molecule has 0 aliphatic carbocycles. The Morgan fingerprint density at radius 1 is 0.958 bits per heavy atom. The zero-order valence-corrected chi connectivity index (χ0v) is 14.8. The first kappa shape index (κ1) is 21.0. The lowest BCUT2D eigenvalue weighted by molar-refractivity contribution is -0.264. The van der Waals surface area contributed by atoms with Crippen LogP contribution in [0, 0.1) is 0 Å². The molecule has 0 saturated carbocycles. The van der Waals surface area contributed by atoms with Crippen molar-refractivity contribution in [3.63, 3.8) is 0 Å². The fraction of sp³-hybridized carbons (Fsp3) is 0.438.